The van der Waals surface area contributed by atoms with Crippen molar-refractivity contribution in [2.24, 2.45) is 0 Å². The number of hydrogen-bond donors (Lipinski definition) is 0. The number of imidazole rings is 1. The Morgan fingerprint density at radius 2 is 1.74 bits per heavy atom. The summed E-state index contributed by atoms with van der Waals surface area (Å²) in [6, 6.07) is 10.7. The Kier molecular flexibility index (Phi) is 4.41. The van der Waals surface area contributed by atoms with E-state index < -0.39 is 0 Å². The number of hydrogen-bond acceptors (Lipinski definition) is 4. The van der Waals surface area contributed by atoms with E-state index in [0.29, 0.717) is 0 Å². The highest BCUT2D eigenvalue weighted by atomic mass is 16.5. The first-order valence-electron chi connectivity index (χ1n) is 8.48. The third kappa shape index (κ3) is 3.47. The van der Waals surface area contributed by atoms with E-state index in [-0.39, 0.29) is 0 Å². The monoisotopic (exact) mass is 312 g/mol. The lowest BCUT2D eigenvalue weighted by Crippen LogP contribution is -2.38. The lowest BCUT2D eigenvalue weighted by Gasteiger charge is -2.30. The van der Waals surface area contributed by atoms with Crippen molar-refractivity contribution in [2.75, 3.05) is 32.8 Å². The lowest BCUT2D eigenvalue weighted by atomic mass is 10.2. The Hall–Kier alpha value is -1.69. The standard InChI is InChI=1S/C18H24N4O/c1-2-4-16(5-3-1)13-21-6-7-22-17(14-21)12-19-18(22)15-20-8-10-23-11-9-20/h1-5,12H,6-11,13-15H2. The molecule has 0 amide bonds. The van der Waals surface area contributed by atoms with Crippen LogP contribution in [0.4, 0.5) is 0 Å². The van der Waals surface area contributed by atoms with Crippen LogP contribution in [0.5, 0.6) is 0 Å². The molecule has 0 N–H and O–H groups in total. The maximum absolute atomic E-state index is 5.43. The molecule has 0 bridgehead atoms. The summed E-state index contributed by atoms with van der Waals surface area (Å²) >= 11 is 0. The fourth-order valence-corrected chi connectivity index (χ4v) is 3.46. The second-order valence-electron chi connectivity index (χ2n) is 6.40. The highest BCUT2D eigenvalue weighted by Gasteiger charge is 2.21. The minimum atomic E-state index is 0.846. The number of morpholine rings is 1. The van der Waals surface area contributed by atoms with Crippen molar-refractivity contribution in [3.05, 3.63) is 53.6 Å². The van der Waals surface area contributed by atoms with Gasteiger partial charge < -0.3 is 9.30 Å². The Morgan fingerprint density at radius 1 is 0.913 bits per heavy atom. The van der Waals surface area contributed by atoms with E-state index >= 15 is 0 Å². The van der Waals surface area contributed by atoms with E-state index in [1.807, 2.05) is 0 Å². The minimum Gasteiger partial charge on any atom is -0.379 e. The SMILES string of the molecule is c1ccc(CN2CCn3c(cnc3CN3CCOCC3)C2)cc1. The molecular formula is C18H24N4O. The molecule has 1 aromatic carbocycles. The quantitative estimate of drug-likeness (QED) is 0.861. The molecule has 2 aliphatic heterocycles. The fraction of sp³-hybridized carbons (Fsp3) is 0.500. The van der Waals surface area contributed by atoms with E-state index in [2.05, 4.69) is 55.9 Å². The van der Waals surface area contributed by atoms with E-state index in [0.717, 1.165) is 59.0 Å². The van der Waals surface area contributed by atoms with Crippen LogP contribution in [0, 0.1) is 0 Å². The molecule has 122 valence electrons. The molecule has 1 fully saturated rings. The number of rotatable bonds is 4. The van der Waals surface area contributed by atoms with Crippen LogP contribution in [0.2, 0.25) is 0 Å². The van der Waals surface area contributed by atoms with E-state index in [1.54, 1.807) is 0 Å². The molecule has 2 aliphatic rings. The first-order chi connectivity index (χ1) is 11.4. The van der Waals surface area contributed by atoms with Gasteiger partial charge >= 0.3 is 0 Å². The summed E-state index contributed by atoms with van der Waals surface area (Å²) < 4.78 is 7.84. The Bertz CT molecular complexity index is 634. The van der Waals surface area contributed by atoms with Crippen molar-refractivity contribution < 1.29 is 4.74 Å². The Balaban J connectivity index is 1.40. The second kappa shape index (κ2) is 6.83. The van der Waals surface area contributed by atoms with Crippen molar-refractivity contribution in [1.29, 1.82) is 0 Å². The number of benzene rings is 1. The molecule has 0 saturated carbocycles. The van der Waals surface area contributed by atoms with Gasteiger partial charge in [-0.3, -0.25) is 9.80 Å². The zero-order valence-corrected chi connectivity index (χ0v) is 13.5. The van der Waals surface area contributed by atoms with Gasteiger partial charge in [0.2, 0.25) is 0 Å². The molecule has 0 unspecified atom stereocenters. The molecule has 0 atom stereocenters. The van der Waals surface area contributed by atoms with Crippen molar-refractivity contribution in [3.63, 3.8) is 0 Å². The van der Waals surface area contributed by atoms with Gasteiger partial charge in [0, 0.05) is 45.5 Å². The normalized spacial score (nSPS) is 19.7. The molecule has 1 saturated heterocycles. The van der Waals surface area contributed by atoms with Crippen LogP contribution in [0.1, 0.15) is 17.1 Å². The van der Waals surface area contributed by atoms with Crippen LogP contribution in [-0.2, 0) is 30.9 Å². The van der Waals surface area contributed by atoms with Gasteiger partial charge in [-0.1, -0.05) is 30.3 Å². The van der Waals surface area contributed by atoms with Crippen molar-refractivity contribution in [3.8, 4) is 0 Å². The van der Waals surface area contributed by atoms with E-state index in [1.165, 1.54) is 17.1 Å². The molecule has 0 radical (unpaired) electrons. The predicted molar refractivity (Wildman–Crippen MR) is 88.9 cm³/mol. The highest BCUT2D eigenvalue weighted by molar-refractivity contribution is 5.15. The third-order valence-electron chi connectivity index (χ3n) is 4.76. The van der Waals surface area contributed by atoms with E-state index in [4.69, 9.17) is 4.74 Å². The molecule has 0 spiro atoms. The van der Waals surface area contributed by atoms with Gasteiger partial charge in [-0.15, -0.1) is 0 Å². The summed E-state index contributed by atoms with van der Waals surface area (Å²) in [4.78, 5) is 9.63. The van der Waals surface area contributed by atoms with Gasteiger partial charge in [-0.05, 0) is 5.56 Å². The average molecular weight is 312 g/mol. The average Bonchev–Trinajstić information content (AvgIpc) is 2.99. The number of fused-ring (bicyclic) bond motifs is 1. The van der Waals surface area contributed by atoms with Crippen molar-refractivity contribution >= 4 is 0 Å². The highest BCUT2D eigenvalue weighted by Crippen LogP contribution is 2.18. The number of aromatic nitrogens is 2. The summed E-state index contributed by atoms with van der Waals surface area (Å²) in [5, 5.41) is 0. The topological polar surface area (TPSA) is 33.5 Å². The summed E-state index contributed by atoms with van der Waals surface area (Å²) in [5.41, 5.74) is 2.73. The van der Waals surface area contributed by atoms with Crippen LogP contribution in [0.25, 0.3) is 0 Å². The Morgan fingerprint density at radius 3 is 2.57 bits per heavy atom. The molecule has 5 nitrogen and oxygen atoms in total. The zero-order valence-electron chi connectivity index (χ0n) is 13.5. The second-order valence-corrected chi connectivity index (χ2v) is 6.40. The largest absolute Gasteiger partial charge is 0.379 e. The minimum absolute atomic E-state index is 0.846. The van der Waals surface area contributed by atoms with Crippen LogP contribution < -0.4 is 0 Å². The molecule has 0 aliphatic carbocycles. The maximum atomic E-state index is 5.43. The molecule has 4 rings (SSSR count). The molecule has 3 heterocycles. The molecule has 23 heavy (non-hydrogen) atoms. The van der Waals surface area contributed by atoms with E-state index in [9.17, 15) is 0 Å². The van der Waals surface area contributed by atoms with Crippen molar-refractivity contribution in [1.82, 2.24) is 19.4 Å². The summed E-state index contributed by atoms with van der Waals surface area (Å²) in [6.07, 6.45) is 2.06. The third-order valence-corrected chi connectivity index (χ3v) is 4.76. The number of nitrogens with zero attached hydrogens (tertiary/aromatic N) is 4. The van der Waals surface area contributed by atoms with Gasteiger partial charge in [0.05, 0.1) is 25.5 Å². The number of ether oxygens (including phenoxy) is 1. The van der Waals surface area contributed by atoms with Crippen LogP contribution in [0.3, 0.4) is 0 Å². The van der Waals surface area contributed by atoms with Gasteiger partial charge in [-0.2, -0.15) is 0 Å². The molecule has 1 aromatic heterocycles. The van der Waals surface area contributed by atoms with Crippen LogP contribution in [0.15, 0.2) is 36.5 Å². The van der Waals surface area contributed by atoms with Crippen LogP contribution in [-0.4, -0.2) is 52.2 Å². The lowest BCUT2D eigenvalue weighted by molar-refractivity contribution is 0.0323. The van der Waals surface area contributed by atoms with Gasteiger partial charge in [0.15, 0.2) is 0 Å². The first-order valence-corrected chi connectivity index (χ1v) is 8.48. The zero-order chi connectivity index (χ0) is 15.5. The summed E-state index contributed by atoms with van der Waals surface area (Å²) in [7, 11) is 0. The summed E-state index contributed by atoms with van der Waals surface area (Å²) in [5.74, 6) is 1.21. The molecule has 5 heteroatoms. The van der Waals surface area contributed by atoms with Crippen molar-refractivity contribution in [2.45, 2.75) is 26.2 Å². The van der Waals surface area contributed by atoms with Gasteiger partial charge in [-0.25, -0.2) is 4.98 Å². The first kappa shape index (κ1) is 14.9. The maximum Gasteiger partial charge on any atom is 0.123 e. The summed E-state index contributed by atoms with van der Waals surface area (Å²) in [6.45, 7) is 8.82. The van der Waals surface area contributed by atoms with Gasteiger partial charge in [0.1, 0.15) is 5.82 Å². The predicted octanol–water partition coefficient (Wildman–Crippen LogP) is 1.73. The van der Waals surface area contributed by atoms with Gasteiger partial charge in [0.25, 0.3) is 0 Å². The fourth-order valence-electron chi connectivity index (χ4n) is 3.46. The smallest absolute Gasteiger partial charge is 0.123 e. The van der Waals surface area contributed by atoms with Crippen LogP contribution >= 0.6 is 0 Å². The molecular weight excluding hydrogens is 288 g/mol. The molecule has 2 aromatic rings. The Labute approximate surface area is 137 Å².